The predicted molar refractivity (Wildman–Crippen MR) is 131 cm³/mol. The van der Waals surface area contributed by atoms with E-state index in [0.717, 1.165) is 41.9 Å². The number of alkyl carbamates (subject to hydrolysis) is 1. The summed E-state index contributed by atoms with van der Waals surface area (Å²) in [5.74, 6) is 0.863. The topological polar surface area (TPSA) is 78.9 Å². The van der Waals surface area contributed by atoms with Crippen LogP contribution in [0.3, 0.4) is 0 Å². The van der Waals surface area contributed by atoms with Crippen LogP contribution in [0.25, 0.3) is 10.9 Å². The second kappa shape index (κ2) is 10.8. The summed E-state index contributed by atoms with van der Waals surface area (Å²) in [7, 11) is 0. The lowest BCUT2D eigenvalue weighted by Crippen LogP contribution is -2.44. The number of hydrogen-bond donors (Lipinski definition) is 2. The first-order valence-electron chi connectivity index (χ1n) is 10.2. The summed E-state index contributed by atoms with van der Waals surface area (Å²) in [5.41, 5.74) is 1.63. The third-order valence-corrected chi connectivity index (χ3v) is 4.68. The van der Waals surface area contributed by atoms with E-state index in [-0.39, 0.29) is 36.1 Å². The number of ether oxygens (including phenoxy) is 1. The highest BCUT2D eigenvalue weighted by atomic mass is 127. The molecule has 0 aliphatic carbocycles. The number of hydrogen-bond acceptors (Lipinski definition) is 4. The molecule has 0 saturated carbocycles. The number of fused-ring (bicyclic) bond motifs is 1. The zero-order chi connectivity index (χ0) is 20.9. The molecule has 2 N–H and O–H groups in total. The van der Waals surface area contributed by atoms with Crippen molar-refractivity contribution in [2.45, 2.75) is 52.3 Å². The van der Waals surface area contributed by atoms with Gasteiger partial charge < -0.3 is 20.3 Å². The van der Waals surface area contributed by atoms with Gasteiger partial charge in [-0.05, 0) is 51.8 Å². The number of aliphatic imine (C=N–C) groups is 1. The molecule has 1 atom stereocenters. The van der Waals surface area contributed by atoms with Gasteiger partial charge in [0.2, 0.25) is 0 Å². The van der Waals surface area contributed by atoms with Gasteiger partial charge in [0, 0.05) is 31.2 Å². The molecule has 2 heterocycles. The van der Waals surface area contributed by atoms with Gasteiger partial charge in [-0.25, -0.2) is 9.79 Å². The number of aromatic nitrogens is 1. The summed E-state index contributed by atoms with van der Waals surface area (Å²) >= 11 is 0. The molecule has 1 aliphatic rings. The maximum absolute atomic E-state index is 12.0. The number of nitrogens with zero attached hydrogens (tertiary/aromatic N) is 3. The Bertz CT molecular complexity index is 876. The normalized spacial score (nSPS) is 16.9. The molecule has 0 bridgehead atoms. The number of nitrogens with one attached hydrogen (secondary N) is 2. The van der Waals surface area contributed by atoms with E-state index in [4.69, 9.17) is 9.73 Å². The molecule has 1 saturated heterocycles. The van der Waals surface area contributed by atoms with Gasteiger partial charge in [0.15, 0.2) is 5.96 Å². The third-order valence-electron chi connectivity index (χ3n) is 4.68. The van der Waals surface area contributed by atoms with Gasteiger partial charge >= 0.3 is 6.09 Å². The number of halogens is 1. The quantitative estimate of drug-likeness (QED) is 0.360. The van der Waals surface area contributed by atoms with Crippen LogP contribution in [0.4, 0.5) is 4.79 Å². The minimum Gasteiger partial charge on any atom is -0.444 e. The van der Waals surface area contributed by atoms with Gasteiger partial charge in [-0.3, -0.25) is 4.98 Å². The first-order chi connectivity index (χ1) is 13.9. The van der Waals surface area contributed by atoms with E-state index in [1.165, 1.54) is 0 Å². The van der Waals surface area contributed by atoms with E-state index in [1.807, 2.05) is 51.2 Å². The average molecular weight is 525 g/mol. The lowest BCUT2D eigenvalue weighted by atomic mass is 10.1. The van der Waals surface area contributed by atoms with Crippen LogP contribution < -0.4 is 10.6 Å². The van der Waals surface area contributed by atoms with Gasteiger partial charge in [-0.2, -0.15) is 0 Å². The molecule has 3 rings (SSSR count). The van der Waals surface area contributed by atoms with Gasteiger partial charge in [0.25, 0.3) is 0 Å². The number of pyridine rings is 1. The Hall–Kier alpha value is -2.10. The predicted octanol–water partition coefficient (Wildman–Crippen LogP) is 3.92. The van der Waals surface area contributed by atoms with Crippen molar-refractivity contribution in [3.8, 4) is 0 Å². The Kier molecular flexibility index (Phi) is 8.69. The molecule has 0 radical (unpaired) electrons. The minimum absolute atomic E-state index is 0. The molecule has 164 valence electrons. The van der Waals surface area contributed by atoms with E-state index in [9.17, 15) is 4.79 Å². The fraction of sp³-hybridized carbons (Fsp3) is 0.500. The van der Waals surface area contributed by atoms with E-state index in [1.54, 1.807) is 0 Å². The van der Waals surface area contributed by atoms with Crippen molar-refractivity contribution in [1.29, 1.82) is 0 Å². The van der Waals surface area contributed by atoms with Crippen LogP contribution in [0, 0.1) is 0 Å². The van der Waals surface area contributed by atoms with Crippen molar-refractivity contribution < 1.29 is 9.53 Å². The first kappa shape index (κ1) is 24.2. The second-order valence-corrected chi connectivity index (χ2v) is 8.24. The Morgan fingerprint density at radius 2 is 2.07 bits per heavy atom. The number of benzene rings is 1. The molecular weight excluding hydrogens is 493 g/mol. The maximum atomic E-state index is 12.0. The number of guanidine groups is 1. The summed E-state index contributed by atoms with van der Waals surface area (Å²) in [6.07, 6.45) is 2.33. The molecular formula is C22H32IN5O2. The van der Waals surface area contributed by atoms with Gasteiger partial charge in [0.1, 0.15) is 5.60 Å². The standard InChI is InChI=1S/C22H31N5O2.HI/c1-5-23-20(25-14-16-10-12-24-19-9-7-6-8-18(16)19)27-13-11-17(15-27)26-21(28)29-22(2,3)4;/h6-10,12,17H,5,11,13-15H2,1-4H3,(H,23,25)(H,26,28);1H/t17-;/m1./s1. The average Bonchev–Trinajstić information content (AvgIpc) is 3.11. The Morgan fingerprint density at radius 3 is 2.80 bits per heavy atom. The van der Waals surface area contributed by atoms with Crippen LogP contribution in [0.15, 0.2) is 41.5 Å². The fourth-order valence-electron chi connectivity index (χ4n) is 3.42. The van der Waals surface area contributed by atoms with E-state index < -0.39 is 5.60 Å². The van der Waals surface area contributed by atoms with Crippen LogP contribution >= 0.6 is 24.0 Å². The third kappa shape index (κ3) is 6.72. The van der Waals surface area contributed by atoms with Crippen LogP contribution in [0.5, 0.6) is 0 Å². The summed E-state index contributed by atoms with van der Waals surface area (Å²) in [5, 5.41) is 7.46. The Balaban J connectivity index is 0.00000320. The molecule has 0 unspecified atom stereocenters. The largest absolute Gasteiger partial charge is 0.444 e. The molecule has 1 amide bonds. The SMILES string of the molecule is CCNC(=NCc1ccnc2ccccc12)N1CC[C@@H](NC(=O)OC(C)(C)C)C1.I. The van der Waals surface area contributed by atoms with Gasteiger partial charge in [-0.1, -0.05) is 18.2 Å². The Morgan fingerprint density at radius 1 is 1.30 bits per heavy atom. The number of amides is 1. The number of carbonyl (C=O) groups excluding carboxylic acids is 1. The van der Waals surface area contributed by atoms with Crippen LogP contribution in [0.1, 0.15) is 39.7 Å². The summed E-state index contributed by atoms with van der Waals surface area (Å²) in [6.45, 7) is 10.6. The molecule has 1 aliphatic heterocycles. The van der Waals surface area contributed by atoms with Crippen molar-refractivity contribution in [3.05, 3.63) is 42.1 Å². The molecule has 1 aromatic heterocycles. The maximum Gasteiger partial charge on any atom is 0.407 e. The van der Waals surface area contributed by atoms with E-state index >= 15 is 0 Å². The smallest absolute Gasteiger partial charge is 0.407 e. The summed E-state index contributed by atoms with van der Waals surface area (Å²) in [6, 6.07) is 10.2. The van der Waals surface area contributed by atoms with E-state index in [0.29, 0.717) is 13.1 Å². The van der Waals surface area contributed by atoms with Crippen molar-refractivity contribution in [2.24, 2.45) is 4.99 Å². The highest BCUT2D eigenvalue weighted by Crippen LogP contribution is 2.18. The highest BCUT2D eigenvalue weighted by Gasteiger charge is 2.27. The van der Waals surface area contributed by atoms with Gasteiger partial charge in [0.05, 0.1) is 18.1 Å². The first-order valence-corrected chi connectivity index (χ1v) is 10.2. The zero-order valence-corrected chi connectivity index (χ0v) is 20.5. The number of likely N-dealkylation sites (tertiary alicyclic amines) is 1. The Labute approximate surface area is 195 Å². The number of rotatable bonds is 4. The van der Waals surface area contributed by atoms with Crippen LogP contribution in [-0.2, 0) is 11.3 Å². The molecule has 1 fully saturated rings. The van der Waals surface area contributed by atoms with Crippen molar-refractivity contribution >= 4 is 46.9 Å². The molecule has 0 spiro atoms. The van der Waals surface area contributed by atoms with Crippen LogP contribution in [0.2, 0.25) is 0 Å². The minimum atomic E-state index is -0.494. The van der Waals surface area contributed by atoms with Crippen molar-refractivity contribution in [2.75, 3.05) is 19.6 Å². The van der Waals surface area contributed by atoms with Crippen molar-refractivity contribution in [1.82, 2.24) is 20.5 Å². The summed E-state index contributed by atoms with van der Waals surface area (Å²) in [4.78, 5) is 23.5. The summed E-state index contributed by atoms with van der Waals surface area (Å²) < 4.78 is 5.37. The lowest BCUT2D eigenvalue weighted by molar-refractivity contribution is 0.0507. The molecule has 30 heavy (non-hydrogen) atoms. The molecule has 7 nitrogen and oxygen atoms in total. The fourth-order valence-corrected chi connectivity index (χ4v) is 3.42. The zero-order valence-electron chi connectivity index (χ0n) is 18.1. The molecule has 1 aromatic carbocycles. The second-order valence-electron chi connectivity index (χ2n) is 8.24. The van der Waals surface area contributed by atoms with Crippen LogP contribution in [-0.4, -0.2) is 53.2 Å². The number of para-hydroxylation sites is 1. The van der Waals surface area contributed by atoms with Crippen molar-refractivity contribution in [3.63, 3.8) is 0 Å². The van der Waals surface area contributed by atoms with E-state index in [2.05, 4.69) is 33.5 Å². The van der Waals surface area contributed by atoms with Gasteiger partial charge in [-0.15, -0.1) is 24.0 Å². The highest BCUT2D eigenvalue weighted by molar-refractivity contribution is 14.0. The molecule has 8 heteroatoms. The lowest BCUT2D eigenvalue weighted by Gasteiger charge is -2.23. The molecule has 2 aromatic rings. The number of carbonyl (C=O) groups is 1. The monoisotopic (exact) mass is 525 g/mol.